The molecule has 9 heteroatoms. The Balaban J connectivity index is 2.35. The monoisotopic (exact) mass is 316 g/mol. The maximum atomic E-state index is 13.9. The Kier molecular flexibility index (Phi) is 4.33. The van der Waals surface area contributed by atoms with Gasteiger partial charge in [-0.1, -0.05) is 0 Å². The fraction of sp³-hybridized carbons (Fsp3) is 0.417. The summed E-state index contributed by atoms with van der Waals surface area (Å²) < 4.78 is 39.6. The van der Waals surface area contributed by atoms with E-state index in [1.54, 1.807) is 0 Å². The molecule has 0 bridgehead atoms. The first-order chi connectivity index (χ1) is 9.86. The van der Waals surface area contributed by atoms with E-state index in [1.807, 2.05) is 0 Å². The zero-order valence-electron chi connectivity index (χ0n) is 10.9. The number of carbonyl (C=O) groups is 1. The van der Waals surface area contributed by atoms with Crippen LogP contribution < -0.4 is 0 Å². The van der Waals surface area contributed by atoms with E-state index in [1.165, 1.54) is 0 Å². The van der Waals surface area contributed by atoms with Gasteiger partial charge in [-0.2, -0.15) is 4.31 Å². The van der Waals surface area contributed by atoms with Crippen LogP contribution in [0.4, 0.5) is 10.1 Å². The van der Waals surface area contributed by atoms with Crippen molar-refractivity contribution in [2.24, 2.45) is 5.92 Å². The van der Waals surface area contributed by atoms with E-state index in [-0.39, 0.29) is 13.1 Å². The highest BCUT2D eigenvalue weighted by Crippen LogP contribution is 2.26. The fourth-order valence-electron chi connectivity index (χ4n) is 2.25. The number of carbonyl (C=O) groups excluding carboxylic acids is 1. The van der Waals surface area contributed by atoms with E-state index >= 15 is 0 Å². The predicted molar refractivity (Wildman–Crippen MR) is 70.6 cm³/mol. The molecular formula is C12H13FN2O5S. The van der Waals surface area contributed by atoms with Gasteiger partial charge in [-0.25, -0.2) is 12.8 Å². The number of sulfonamides is 1. The largest absolute Gasteiger partial charge is 0.303 e. The van der Waals surface area contributed by atoms with Gasteiger partial charge in [0, 0.05) is 25.1 Å². The molecule has 0 N–H and O–H groups in total. The summed E-state index contributed by atoms with van der Waals surface area (Å²) in [6, 6.07) is 2.40. The lowest BCUT2D eigenvalue weighted by Gasteiger charge is -2.29. The van der Waals surface area contributed by atoms with Crippen LogP contribution in [0, 0.1) is 21.8 Å². The molecule has 0 radical (unpaired) electrons. The summed E-state index contributed by atoms with van der Waals surface area (Å²) in [6.07, 6.45) is 1.80. The van der Waals surface area contributed by atoms with Gasteiger partial charge in [-0.05, 0) is 18.9 Å². The van der Waals surface area contributed by atoms with Crippen LogP contribution in [0.5, 0.6) is 0 Å². The van der Waals surface area contributed by atoms with Gasteiger partial charge in [0.1, 0.15) is 17.0 Å². The first-order valence-electron chi connectivity index (χ1n) is 6.25. The fourth-order valence-corrected chi connectivity index (χ4v) is 3.84. The van der Waals surface area contributed by atoms with Crippen LogP contribution >= 0.6 is 0 Å². The summed E-state index contributed by atoms with van der Waals surface area (Å²) in [5.41, 5.74) is -0.518. The smallest absolute Gasteiger partial charge is 0.272 e. The molecule has 114 valence electrons. The van der Waals surface area contributed by atoms with Crippen LogP contribution in [0.25, 0.3) is 0 Å². The second kappa shape index (κ2) is 5.86. The molecule has 7 nitrogen and oxygen atoms in total. The quantitative estimate of drug-likeness (QED) is 0.474. The summed E-state index contributed by atoms with van der Waals surface area (Å²) >= 11 is 0. The third-order valence-corrected chi connectivity index (χ3v) is 5.26. The molecule has 1 aromatic carbocycles. The average Bonchev–Trinajstić information content (AvgIpc) is 2.46. The minimum Gasteiger partial charge on any atom is -0.303 e. The Morgan fingerprint density at radius 1 is 1.43 bits per heavy atom. The van der Waals surface area contributed by atoms with Crippen molar-refractivity contribution in [2.45, 2.75) is 17.7 Å². The zero-order valence-corrected chi connectivity index (χ0v) is 11.8. The van der Waals surface area contributed by atoms with E-state index < -0.39 is 37.3 Å². The van der Waals surface area contributed by atoms with Crippen molar-refractivity contribution < 1.29 is 22.5 Å². The number of halogens is 1. The number of nitro benzene ring substituents is 1. The van der Waals surface area contributed by atoms with Gasteiger partial charge in [0.15, 0.2) is 0 Å². The Morgan fingerprint density at radius 2 is 2.14 bits per heavy atom. The molecule has 1 heterocycles. The zero-order chi connectivity index (χ0) is 15.6. The highest BCUT2D eigenvalue weighted by atomic mass is 32.2. The van der Waals surface area contributed by atoms with E-state index in [0.717, 1.165) is 16.4 Å². The number of nitrogens with zero attached hydrogens (tertiary/aromatic N) is 2. The van der Waals surface area contributed by atoms with Crippen LogP contribution in [0.2, 0.25) is 0 Å². The Labute approximate surface area is 120 Å². The summed E-state index contributed by atoms with van der Waals surface area (Å²) in [5, 5.41) is 10.5. The number of aldehydes is 1. The molecule has 1 saturated heterocycles. The summed E-state index contributed by atoms with van der Waals surface area (Å²) in [7, 11) is -4.10. The molecule has 0 aromatic heterocycles. The molecule has 2 rings (SSSR count). The highest BCUT2D eigenvalue weighted by molar-refractivity contribution is 7.89. The molecule has 1 aliphatic heterocycles. The molecule has 1 fully saturated rings. The van der Waals surface area contributed by atoms with E-state index in [9.17, 15) is 27.7 Å². The van der Waals surface area contributed by atoms with Gasteiger partial charge in [-0.15, -0.1) is 0 Å². The highest BCUT2D eigenvalue weighted by Gasteiger charge is 2.32. The second-order valence-corrected chi connectivity index (χ2v) is 6.68. The second-order valence-electron chi connectivity index (χ2n) is 4.77. The third-order valence-electron chi connectivity index (χ3n) is 3.36. The van der Waals surface area contributed by atoms with Gasteiger partial charge in [0.05, 0.1) is 11.0 Å². The van der Waals surface area contributed by atoms with Gasteiger partial charge < -0.3 is 4.79 Å². The van der Waals surface area contributed by atoms with E-state index in [4.69, 9.17) is 0 Å². The topological polar surface area (TPSA) is 97.6 Å². The number of benzene rings is 1. The van der Waals surface area contributed by atoms with Crippen LogP contribution in [-0.2, 0) is 14.8 Å². The van der Waals surface area contributed by atoms with Crippen molar-refractivity contribution in [1.82, 2.24) is 4.31 Å². The minimum atomic E-state index is -4.10. The molecular weight excluding hydrogens is 303 g/mol. The van der Waals surface area contributed by atoms with Gasteiger partial charge in [0.2, 0.25) is 10.0 Å². The van der Waals surface area contributed by atoms with Crippen molar-refractivity contribution in [3.05, 3.63) is 34.1 Å². The van der Waals surface area contributed by atoms with Crippen molar-refractivity contribution in [2.75, 3.05) is 13.1 Å². The van der Waals surface area contributed by atoms with Crippen molar-refractivity contribution in [1.29, 1.82) is 0 Å². The summed E-state index contributed by atoms with van der Waals surface area (Å²) in [4.78, 5) is 19.9. The third kappa shape index (κ3) is 3.08. The molecule has 1 aromatic rings. The molecule has 21 heavy (non-hydrogen) atoms. The molecule has 0 aliphatic carbocycles. The first-order valence-corrected chi connectivity index (χ1v) is 7.69. The molecule has 0 spiro atoms. The standard InChI is InChI=1S/C12H13FN2O5S/c13-11-6-10(15(17)18)3-4-12(11)21(19,20)14-5-1-2-9(7-14)8-16/h3-4,6,8-9H,1-2,5,7H2. The van der Waals surface area contributed by atoms with Crippen molar-refractivity contribution in [3.63, 3.8) is 0 Å². The lowest BCUT2D eigenvalue weighted by Crippen LogP contribution is -2.40. The van der Waals surface area contributed by atoms with Crippen molar-refractivity contribution in [3.8, 4) is 0 Å². The number of non-ortho nitro benzene ring substituents is 1. The predicted octanol–water partition coefficient (Wildman–Crippen LogP) is 1.33. The normalized spacial score (nSPS) is 20.1. The Morgan fingerprint density at radius 3 is 2.71 bits per heavy atom. The van der Waals surface area contributed by atoms with Crippen LogP contribution in [-0.4, -0.2) is 37.0 Å². The number of hydrogen-bond donors (Lipinski definition) is 0. The number of nitro groups is 1. The van der Waals surface area contributed by atoms with E-state index in [2.05, 4.69) is 0 Å². The van der Waals surface area contributed by atoms with Gasteiger partial charge in [0.25, 0.3) is 5.69 Å². The molecule has 1 unspecified atom stereocenters. The Bertz CT molecular complexity index is 676. The average molecular weight is 316 g/mol. The summed E-state index contributed by atoms with van der Waals surface area (Å²) in [6.45, 7) is 0.200. The molecule has 0 saturated carbocycles. The number of hydrogen-bond acceptors (Lipinski definition) is 5. The maximum absolute atomic E-state index is 13.9. The SMILES string of the molecule is O=CC1CCCN(S(=O)(=O)c2ccc([N+](=O)[O-])cc2F)C1. The minimum absolute atomic E-state index is 0.00224. The molecule has 1 aliphatic rings. The van der Waals surface area contributed by atoms with Crippen LogP contribution in [0.15, 0.2) is 23.1 Å². The van der Waals surface area contributed by atoms with E-state index in [0.29, 0.717) is 25.2 Å². The van der Waals surface area contributed by atoms with Crippen molar-refractivity contribution >= 4 is 22.0 Å². The molecule has 0 amide bonds. The number of piperidine rings is 1. The maximum Gasteiger partial charge on any atom is 0.272 e. The van der Waals surface area contributed by atoms with Crippen LogP contribution in [0.3, 0.4) is 0 Å². The summed E-state index contributed by atoms with van der Waals surface area (Å²) in [5.74, 6) is -1.58. The first kappa shape index (κ1) is 15.5. The molecule has 1 atom stereocenters. The van der Waals surface area contributed by atoms with Gasteiger partial charge in [-0.3, -0.25) is 10.1 Å². The number of rotatable bonds is 4. The lowest BCUT2D eigenvalue weighted by molar-refractivity contribution is -0.385. The Hall–Kier alpha value is -1.87. The lowest BCUT2D eigenvalue weighted by atomic mass is 10.0. The van der Waals surface area contributed by atoms with Crippen LogP contribution in [0.1, 0.15) is 12.8 Å². The van der Waals surface area contributed by atoms with Gasteiger partial charge >= 0.3 is 0 Å².